The molecule has 0 fully saturated rings. The van der Waals surface area contributed by atoms with Crippen LogP contribution in [0.4, 0.5) is 0 Å². The molecule has 72 valence electrons. The Hall–Kier alpha value is -2.30. The normalized spacial score (nSPS) is 10.7. The van der Waals surface area contributed by atoms with Crippen molar-refractivity contribution in [3.05, 3.63) is 43.2 Å². The zero-order valence-electron chi connectivity index (χ0n) is 7.78. The van der Waals surface area contributed by atoms with Crippen LogP contribution in [-0.4, -0.2) is 24.6 Å². The lowest BCUT2D eigenvalue weighted by atomic mass is 10.2. The molecule has 0 bridgehead atoms. The summed E-state index contributed by atoms with van der Waals surface area (Å²) in [5.41, 5.74) is 2.56. The molecule has 0 amide bonds. The molecule has 3 aromatic rings. The van der Waals surface area contributed by atoms with Gasteiger partial charge in [0.1, 0.15) is 12.0 Å². The fourth-order valence-electron chi connectivity index (χ4n) is 1.47. The molecule has 5 heteroatoms. The van der Waals surface area contributed by atoms with Crippen LogP contribution in [0.2, 0.25) is 0 Å². The Kier molecular flexibility index (Phi) is 1.68. The molecule has 3 heterocycles. The minimum Gasteiger partial charge on any atom is -0.286 e. The lowest BCUT2D eigenvalue weighted by Gasteiger charge is -2.00. The molecule has 0 saturated heterocycles. The average molecular weight is 197 g/mol. The zero-order chi connectivity index (χ0) is 10.1. The van der Waals surface area contributed by atoms with Gasteiger partial charge in [0, 0.05) is 30.4 Å². The summed E-state index contributed by atoms with van der Waals surface area (Å²) in [5, 5.41) is 7.87. The van der Waals surface area contributed by atoms with Crippen LogP contribution in [0.1, 0.15) is 0 Å². The summed E-state index contributed by atoms with van der Waals surface area (Å²) >= 11 is 0. The number of rotatable bonds is 1. The number of fused-ring (bicyclic) bond motifs is 1. The van der Waals surface area contributed by atoms with Crippen molar-refractivity contribution in [2.75, 3.05) is 0 Å². The van der Waals surface area contributed by atoms with Crippen molar-refractivity contribution in [3.8, 4) is 11.3 Å². The molecule has 3 rings (SSSR count). The lowest BCUT2D eigenvalue weighted by Crippen LogP contribution is -1.90. The molecular weight excluding hydrogens is 190 g/mol. The van der Waals surface area contributed by atoms with Gasteiger partial charge in [-0.15, -0.1) is 10.2 Å². The monoisotopic (exact) mass is 197 g/mol. The number of nitrogens with zero attached hydrogens (tertiary/aromatic N) is 5. The summed E-state index contributed by atoms with van der Waals surface area (Å²) in [6.07, 6.45) is 8.67. The molecule has 3 aromatic heterocycles. The second-order valence-corrected chi connectivity index (χ2v) is 3.07. The molecule has 5 nitrogen and oxygen atoms in total. The van der Waals surface area contributed by atoms with Gasteiger partial charge >= 0.3 is 0 Å². The van der Waals surface area contributed by atoms with Crippen molar-refractivity contribution in [1.82, 2.24) is 24.6 Å². The SMILES string of the molecule is c1cc(-c2nccn3cnnc23)ccn1. The maximum absolute atomic E-state index is 4.30. The van der Waals surface area contributed by atoms with Gasteiger partial charge in [-0.2, -0.15) is 0 Å². The van der Waals surface area contributed by atoms with Crippen LogP contribution < -0.4 is 0 Å². The first-order valence-electron chi connectivity index (χ1n) is 4.50. The Morgan fingerprint density at radius 2 is 1.93 bits per heavy atom. The van der Waals surface area contributed by atoms with E-state index in [2.05, 4.69) is 20.2 Å². The summed E-state index contributed by atoms with van der Waals surface area (Å²) in [7, 11) is 0. The van der Waals surface area contributed by atoms with E-state index in [1.165, 1.54) is 0 Å². The molecule has 0 spiro atoms. The number of hydrogen-bond donors (Lipinski definition) is 0. The smallest absolute Gasteiger partial charge is 0.187 e. The molecule has 15 heavy (non-hydrogen) atoms. The van der Waals surface area contributed by atoms with E-state index in [1.807, 2.05) is 22.7 Å². The Bertz CT molecular complexity index is 587. The molecule has 0 N–H and O–H groups in total. The molecule has 0 saturated carbocycles. The second-order valence-electron chi connectivity index (χ2n) is 3.07. The van der Waals surface area contributed by atoms with Crippen molar-refractivity contribution in [3.63, 3.8) is 0 Å². The van der Waals surface area contributed by atoms with Crippen molar-refractivity contribution in [2.24, 2.45) is 0 Å². The van der Waals surface area contributed by atoms with Gasteiger partial charge in [0.2, 0.25) is 0 Å². The number of pyridine rings is 1. The van der Waals surface area contributed by atoms with Gasteiger partial charge in [0.05, 0.1) is 0 Å². The highest BCUT2D eigenvalue weighted by Gasteiger charge is 2.06. The fraction of sp³-hybridized carbons (Fsp3) is 0. The minimum absolute atomic E-state index is 0.753. The van der Waals surface area contributed by atoms with Crippen molar-refractivity contribution < 1.29 is 0 Å². The maximum atomic E-state index is 4.30. The Balaban J connectivity index is 2.31. The summed E-state index contributed by atoms with van der Waals surface area (Å²) in [5.74, 6) is 0. The first kappa shape index (κ1) is 8.05. The van der Waals surface area contributed by atoms with E-state index in [4.69, 9.17) is 0 Å². The Labute approximate surface area is 85.5 Å². The van der Waals surface area contributed by atoms with E-state index < -0.39 is 0 Å². The summed E-state index contributed by atoms with van der Waals surface area (Å²) in [6.45, 7) is 0. The van der Waals surface area contributed by atoms with Crippen molar-refractivity contribution in [1.29, 1.82) is 0 Å². The first-order valence-corrected chi connectivity index (χ1v) is 4.50. The molecule has 0 unspecified atom stereocenters. The van der Waals surface area contributed by atoms with Gasteiger partial charge in [0.15, 0.2) is 5.65 Å². The van der Waals surface area contributed by atoms with Gasteiger partial charge in [0.25, 0.3) is 0 Å². The summed E-state index contributed by atoms with van der Waals surface area (Å²) in [4.78, 5) is 8.27. The third kappa shape index (κ3) is 1.25. The highest BCUT2D eigenvalue weighted by atomic mass is 15.2. The molecule has 0 radical (unpaired) electrons. The predicted molar refractivity (Wildman–Crippen MR) is 54.0 cm³/mol. The van der Waals surface area contributed by atoms with E-state index in [0.29, 0.717) is 0 Å². The topological polar surface area (TPSA) is 56.0 Å². The first-order chi connectivity index (χ1) is 7.45. The molecule has 0 aromatic carbocycles. The largest absolute Gasteiger partial charge is 0.286 e. The van der Waals surface area contributed by atoms with Crippen LogP contribution in [0.15, 0.2) is 43.2 Å². The van der Waals surface area contributed by atoms with E-state index in [1.54, 1.807) is 24.9 Å². The summed E-state index contributed by atoms with van der Waals surface area (Å²) < 4.78 is 1.84. The van der Waals surface area contributed by atoms with Crippen molar-refractivity contribution in [2.45, 2.75) is 0 Å². The Morgan fingerprint density at radius 1 is 1.07 bits per heavy atom. The van der Waals surface area contributed by atoms with Crippen LogP contribution in [0.3, 0.4) is 0 Å². The van der Waals surface area contributed by atoms with E-state index >= 15 is 0 Å². The second kappa shape index (κ2) is 3.13. The highest BCUT2D eigenvalue weighted by Crippen LogP contribution is 2.18. The van der Waals surface area contributed by atoms with Crippen LogP contribution in [0.5, 0.6) is 0 Å². The molecule has 0 aliphatic carbocycles. The minimum atomic E-state index is 0.753. The van der Waals surface area contributed by atoms with Gasteiger partial charge in [-0.3, -0.25) is 14.4 Å². The van der Waals surface area contributed by atoms with Crippen LogP contribution in [-0.2, 0) is 0 Å². The summed E-state index contributed by atoms with van der Waals surface area (Å²) in [6, 6.07) is 3.80. The highest BCUT2D eigenvalue weighted by molar-refractivity contribution is 5.72. The zero-order valence-corrected chi connectivity index (χ0v) is 7.78. The van der Waals surface area contributed by atoms with Crippen LogP contribution in [0.25, 0.3) is 16.9 Å². The molecule has 0 aliphatic heterocycles. The Morgan fingerprint density at radius 3 is 2.80 bits per heavy atom. The quantitative estimate of drug-likeness (QED) is 0.588. The lowest BCUT2D eigenvalue weighted by molar-refractivity contribution is 1.10. The van der Waals surface area contributed by atoms with Crippen molar-refractivity contribution >= 4 is 5.65 Å². The van der Waals surface area contributed by atoms with Gasteiger partial charge in [-0.1, -0.05) is 0 Å². The third-order valence-corrected chi connectivity index (χ3v) is 2.17. The average Bonchev–Trinajstić information content (AvgIpc) is 2.78. The van der Waals surface area contributed by atoms with Crippen LogP contribution in [0, 0.1) is 0 Å². The molecule has 0 aliphatic rings. The third-order valence-electron chi connectivity index (χ3n) is 2.17. The van der Waals surface area contributed by atoms with Gasteiger partial charge in [-0.05, 0) is 12.1 Å². The van der Waals surface area contributed by atoms with E-state index in [9.17, 15) is 0 Å². The van der Waals surface area contributed by atoms with Crippen LogP contribution >= 0.6 is 0 Å². The van der Waals surface area contributed by atoms with Gasteiger partial charge in [-0.25, -0.2) is 0 Å². The van der Waals surface area contributed by atoms with Gasteiger partial charge < -0.3 is 0 Å². The van der Waals surface area contributed by atoms with E-state index in [-0.39, 0.29) is 0 Å². The molecule has 0 atom stereocenters. The standard InChI is InChI=1S/C10H7N5/c1-3-11-4-2-8(1)9-10-14-13-7-15(10)6-5-12-9/h1-7H. The predicted octanol–water partition coefficient (Wildman–Crippen LogP) is 1.19. The fourth-order valence-corrected chi connectivity index (χ4v) is 1.47. The van der Waals surface area contributed by atoms with E-state index in [0.717, 1.165) is 16.9 Å². The number of aromatic nitrogens is 5. The molecular formula is C10H7N5. The maximum Gasteiger partial charge on any atom is 0.187 e. The number of hydrogen-bond acceptors (Lipinski definition) is 4.